The number of hydrogen-bond acceptors (Lipinski definition) is 2. The second-order valence-electron chi connectivity index (χ2n) is 12.6. The lowest BCUT2D eigenvalue weighted by Crippen LogP contribution is -2.10. The van der Waals surface area contributed by atoms with Crippen LogP contribution in [0.5, 0.6) is 0 Å². The lowest BCUT2D eigenvalue weighted by atomic mass is 10.0. The first-order valence-electron chi connectivity index (χ1n) is 16.7. The van der Waals surface area contributed by atoms with Crippen LogP contribution in [0.25, 0.3) is 71.3 Å². The highest BCUT2D eigenvalue weighted by Gasteiger charge is 2.18. The number of fused-ring (bicyclic) bond motifs is 8. The van der Waals surface area contributed by atoms with Crippen LogP contribution in [0.4, 0.5) is 17.1 Å². The Hall–Kier alpha value is -6.58. The van der Waals surface area contributed by atoms with Gasteiger partial charge < -0.3 is 13.9 Å². The average molecular weight is 627 g/mol. The zero-order chi connectivity index (χ0) is 32.3. The normalized spacial score (nSPS) is 11.7. The van der Waals surface area contributed by atoms with Gasteiger partial charge in [0, 0.05) is 44.3 Å². The van der Waals surface area contributed by atoms with Crippen molar-refractivity contribution in [3.63, 3.8) is 0 Å². The standard InChI is InChI=1S/C46H30N2O/c1-2-10-31(11-3-1)32-18-21-34(22-19-32)47(37-27-29-45-41(30-37)39-14-7-9-17-44(39)49-45)35-23-25-36(26-24-35)48-42-16-8-6-15-40(42)46-38-13-5-4-12-33(38)20-28-43(46)48/h1-30H. The van der Waals surface area contributed by atoms with Crippen LogP contribution in [0.15, 0.2) is 186 Å². The molecule has 10 rings (SSSR count). The van der Waals surface area contributed by atoms with Gasteiger partial charge in [-0.15, -0.1) is 0 Å². The molecular formula is C46H30N2O. The first-order valence-corrected chi connectivity index (χ1v) is 16.7. The van der Waals surface area contributed by atoms with Crippen molar-refractivity contribution in [2.24, 2.45) is 0 Å². The number of furan rings is 1. The number of aromatic nitrogens is 1. The summed E-state index contributed by atoms with van der Waals surface area (Å²) in [6.07, 6.45) is 0. The van der Waals surface area contributed by atoms with Gasteiger partial charge in [-0.3, -0.25) is 0 Å². The molecule has 0 spiro atoms. The topological polar surface area (TPSA) is 21.3 Å². The van der Waals surface area contributed by atoms with Crippen molar-refractivity contribution in [1.29, 1.82) is 0 Å². The molecule has 8 aromatic carbocycles. The average Bonchev–Trinajstić information content (AvgIpc) is 3.72. The summed E-state index contributed by atoms with van der Waals surface area (Å²) < 4.78 is 8.59. The van der Waals surface area contributed by atoms with Crippen LogP contribution in [-0.2, 0) is 0 Å². The maximum Gasteiger partial charge on any atom is 0.135 e. The number of para-hydroxylation sites is 2. The molecule has 3 nitrogen and oxygen atoms in total. The van der Waals surface area contributed by atoms with Gasteiger partial charge in [-0.1, -0.05) is 109 Å². The number of nitrogens with zero attached hydrogens (tertiary/aromatic N) is 2. The molecule has 230 valence electrons. The van der Waals surface area contributed by atoms with E-state index in [-0.39, 0.29) is 0 Å². The lowest BCUT2D eigenvalue weighted by Gasteiger charge is -2.26. The van der Waals surface area contributed by atoms with Crippen molar-refractivity contribution in [3.8, 4) is 16.8 Å². The fourth-order valence-corrected chi connectivity index (χ4v) is 7.50. The zero-order valence-corrected chi connectivity index (χ0v) is 26.6. The number of hydrogen-bond donors (Lipinski definition) is 0. The quantitative estimate of drug-likeness (QED) is 0.190. The van der Waals surface area contributed by atoms with Crippen LogP contribution in [0.3, 0.4) is 0 Å². The summed E-state index contributed by atoms with van der Waals surface area (Å²) >= 11 is 0. The Labute approximate surface area is 283 Å². The molecule has 0 aliphatic heterocycles. The van der Waals surface area contributed by atoms with Crippen LogP contribution in [0.2, 0.25) is 0 Å². The van der Waals surface area contributed by atoms with Crippen LogP contribution < -0.4 is 4.90 Å². The highest BCUT2D eigenvalue weighted by molar-refractivity contribution is 6.21. The minimum Gasteiger partial charge on any atom is -0.456 e. The van der Waals surface area contributed by atoms with E-state index < -0.39 is 0 Å². The Kier molecular flexibility index (Phi) is 6.18. The number of rotatable bonds is 5. The number of benzene rings is 8. The Bertz CT molecular complexity index is 2810. The molecule has 10 aromatic rings. The maximum absolute atomic E-state index is 6.20. The summed E-state index contributed by atoms with van der Waals surface area (Å²) in [6.45, 7) is 0. The molecule has 0 saturated heterocycles. The molecule has 49 heavy (non-hydrogen) atoms. The van der Waals surface area contributed by atoms with Crippen molar-refractivity contribution >= 4 is 71.6 Å². The fraction of sp³-hybridized carbons (Fsp3) is 0. The molecule has 0 aliphatic rings. The van der Waals surface area contributed by atoms with E-state index in [4.69, 9.17) is 4.42 Å². The van der Waals surface area contributed by atoms with E-state index in [9.17, 15) is 0 Å². The van der Waals surface area contributed by atoms with Crippen molar-refractivity contribution in [2.75, 3.05) is 4.90 Å². The Morgan fingerprint density at radius 2 is 1.00 bits per heavy atom. The maximum atomic E-state index is 6.20. The predicted octanol–water partition coefficient (Wildman–Crippen LogP) is 13.0. The van der Waals surface area contributed by atoms with Gasteiger partial charge in [-0.05, 0) is 94.7 Å². The van der Waals surface area contributed by atoms with Gasteiger partial charge in [-0.2, -0.15) is 0 Å². The smallest absolute Gasteiger partial charge is 0.135 e. The second kappa shape index (κ2) is 11.0. The summed E-state index contributed by atoms with van der Waals surface area (Å²) in [5.41, 5.74) is 11.0. The van der Waals surface area contributed by atoms with E-state index in [1.165, 1.54) is 43.7 Å². The Morgan fingerprint density at radius 3 is 1.82 bits per heavy atom. The first kappa shape index (κ1) is 27.5. The summed E-state index contributed by atoms with van der Waals surface area (Å²) in [4.78, 5) is 2.33. The van der Waals surface area contributed by atoms with Crippen molar-refractivity contribution < 1.29 is 4.42 Å². The van der Waals surface area contributed by atoms with Gasteiger partial charge in [0.05, 0.1) is 11.0 Å². The van der Waals surface area contributed by atoms with Crippen LogP contribution >= 0.6 is 0 Å². The molecule has 2 aromatic heterocycles. The van der Waals surface area contributed by atoms with E-state index in [2.05, 4.69) is 179 Å². The molecule has 0 N–H and O–H groups in total. The molecule has 3 heteroatoms. The van der Waals surface area contributed by atoms with Crippen LogP contribution in [-0.4, -0.2) is 4.57 Å². The van der Waals surface area contributed by atoms with Gasteiger partial charge in [0.1, 0.15) is 11.2 Å². The minimum atomic E-state index is 0.888. The van der Waals surface area contributed by atoms with E-state index in [1.807, 2.05) is 12.1 Å². The molecule has 0 bridgehead atoms. The van der Waals surface area contributed by atoms with Gasteiger partial charge in [0.25, 0.3) is 0 Å². The molecule has 0 amide bonds. The Morgan fingerprint density at radius 1 is 0.388 bits per heavy atom. The van der Waals surface area contributed by atoms with E-state index in [0.29, 0.717) is 0 Å². The van der Waals surface area contributed by atoms with Crippen LogP contribution in [0, 0.1) is 0 Å². The third kappa shape index (κ3) is 4.44. The zero-order valence-electron chi connectivity index (χ0n) is 26.6. The summed E-state index contributed by atoms with van der Waals surface area (Å²) in [5.74, 6) is 0. The monoisotopic (exact) mass is 626 g/mol. The molecule has 0 aliphatic carbocycles. The van der Waals surface area contributed by atoms with E-state index in [0.717, 1.165) is 44.7 Å². The fourth-order valence-electron chi connectivity index (χ4n) is 7.50. The van der Waals surface area contributed by atoms with Crippen molar-refractivity contribution in [1.82, 2.24) is 4.57 Å². The van der Waals surface area contributed by atoms with Gasteiger partial charge >= 0.3 is 0 Å². The van der Waals surface area contributed by atoms with Crippen molar-refractivity contribution in [3.05, 3.63) is 182 Å². The third-order valence-electron chi connectivity index (χ3n) is 9.78. The predicted molar refractivity (Wildman–Crippen MR) is 206 cm³/mol. The minimum absolute atomic E-state index is 0.888. The molecule has 0 saturated carbocycles. The molecule has 0 atom stereocenters. The highest BCUT2D eigenvalue weighted by Crippen LogP contribution is 2.41. The molecule has 0 radical (unpaired) electrons. The summed E-state index contributed by atoms with van der Waals surface area (Å²) in [7, 11) is 0. The second-order valence-corrected chi connectivity index (χ2v) is 12.6. The molecule has 0 fully saturated rings. The summed E-state index contributed by atoms with van der Waals surface area (Å²) in [6, 6.07) is 65.0. The SMILES string of the molecule is c1ccc(-c2ccc(N(c3ccc(-n4c5ccccc5c5c6ccccc6ccc54)cc3)c3ccc4oc5ccccc5c4c3)cc2)cc1. The summed E-state index contributed by atoms with van der Waals surface area (Å²) in [5, 5.41) is 7.31. The largest absolute Gasteiger partial charge is 0.456 e. The first-order chi connectivity index (χ1) is 24.3. The number of anilines is 3. The van der Waals surface area contributed by atoms with Crippen LogP contribution in [0.1, 0.15) is 0 Å². The Balaban J connectivity index is 1.13. The highest BCUT2D eigenvalue weighted by atomic mass is 16.3. The molecular weight excluding hydrogens is 597 g/mol. The molecule has 2 heterocycles. The van der Waals surface area contributed by atoms with E-state index in [1.54, 1.807) is 0 Å². The van der Waals surface area contributed by atoms with E-state index >= 15 is 0 Å². The van der Waals surface area contributed by atoms with Gasteiger partial charge in [0.2, 0.25) is 0 Å². The lowest BCUT2D eigenvalue weighted by molar-refractivity contribution is 0.669. The van der Waals surface area contributed by atoms with Gasteiger partial charge in [-0.25, -0.2) is 0 Å². The third-order valence-corrected chi connectivity index (χ3v) is 9.78. The van der Waals surface area contributed by atoms with Crippen molar-refractivity contribution in [2.45, 2.75) is 0 Å². The molecule has 0 unspecified atom stereocenters. The van der Waals surface area contributed by atoms with Gasteiger partial charge in [0.15, 0.2) is 0 Å².